The first-order chi connectivity index (χ1) is 8.70. The van der Waals surface area contributed by atoms with Crippen LogP contribution in [0, 0.1) is 5.92 Å². The lowest BCUT2D eigenvalue weighted by Crippen LogP contribution is -2.28. The summed E-state index contributed by atoms with van der Waals surface area (Å²) in [6, 6.07) is 0. The summed E-state index contributed by atoms with van der Waals surface area (Å²) < 4.78 is 0.922. The van der Waals surface area contributed by atoms with Crippen LogP contribution in [0.15, 0.2) is 3.79 Å². The summed E-state index contributed by atoms with van der Waals surface area (Å²) in [7, 11) is 0. The lowest BCUT2D eigenvalue weighted by molar-refractivity contribution is -0.123. The van der Waals surface area contributed by atoms with Crippen LogP contribution in [0.5, 0.6) is 0 Å². The molecular weight excluding hydrogens is 330 g/mol. The molecule has 2 rings (SSSR count). The molecule has 1 aromatic heterocycles. The summed E-state index contributed by atoms with van der Waals surface area (Å²) in [6.07, 6.45) is 0.178. The van der Waals surface area contributed by atoms with E-state index in [4.69, 9.17) is 5.73 Å². The average Bonchev–Trinajstić information content (AvgIpc) is 2.80. The van der Waals surface area contributed by atoms with Gasteiger partial charge in [-0.1, -0.05) is 32.1 Å². The highest BCUT2D eigenvalue weighted by molar-refractivity contribution is 9.11. The Balaban J connectivity index is 2.29. The molecule has 5 nitrogen and oxygen atoms in total. The monoisotopic (exact) mass is 345 g/mol. The molecule has 7 heteroatoms. The lowest BCUT2D eigenvalue weighted by Gasteiger charge is -2.16. The molecule has 0 saturated carbocycles. The van der Waals surface area contributed by atoms with Crippen molar-refractivity contribution in [1.29, 1.82) is 0 Å². The number of carbonyl (C=O) groups excluding carboxylic acids is 2. The van der Waals surface area contributed by atoms with Gasteiger partial charge in [-0.05, 0) is 15.9 Å². The molecule has 2 N–H and O–H groups in total. The summed E-state index contributed by atoms with van der Waals surface area (Å²) in [5, 5.41) is 0.630. The van der Waals surface area contributed by atoms with Crippen molar-refractivity contribution in [2.45, 2.75) is 32.6 Å². The topological polar surface area (TPSA) is 76.3 Å². The van der Waals surface area contributed by atoms with Gasteiger partial charge in [-0.15, -0.1) is 0 Å². The third-order valence-electron chi connectivity index (χ3n) is 3.04. The molecule has 1 atom stereocenters. The first-order valence-electron chi connectivity index (χ1n) is 5.96. The van der Waals surface area contributed by atoms with E-state index in [0.29, 0.717) is 11.7 Å². The smallest absolute Gasteiger partial charge is 0.229 e. The fraction of sp³-hybridized carbons (Fsp3) is 0.583. The van der Waals surface area contributed by atoms with E-state index >= 15 is 0 Å². The van der Waals surface area contributed by atoms with Crippen LogP contribution in [-0.2, 0) is 15.0 Å². The first kappa shape index (κ1) is 14.5. The second kappa shape index (κ2) is 4.86. The maximum absolute atomic E-state index is 11.9. The summed E-state index contributed by atoms with van der Waals surface area (Å²) >= 11 is 4.90. The number of hydrogen-bond donors (Lipinski definition) is 1. The number of primary amides is 1. The molecule has 104 valence electrons. The number of carbonyl (C=O) groups is 2. The van der Waals surface area contributed by atoms with Gasteiger partial charge in [0.15, 0.2) is 5.13 Å². The van der Waals surface area contributed by atoms with E-state index in [1.807, 2.05) is 0 Å². The molecule has 1 aliphatic rings. The second-order valence-electron chi connectivity index (χ2n) is 5.68. The fourth-order valence-corrected chi connectivity index (χ4v) is 4.10. The van der Waals surface area contributed by atoms with E-state index in [-0.39, 0.29) is 17.7 Å². The quantitative estimate of drug-likeness (QED) is 0.890. The first-order valence-corrected chi connectivity index (χ1v) is 7.57. The van der Waals surface area contributed by atoms with Crippen LogP contribution in [0.2, 0.25) is 0 Å². The highest BCUT2D eigenvalue weighted by Crippen LogP contribution is 2.39. The number of rotatable bonds is 2. The molecule has 1 aliphatic heterocycles. The lowest BCUT2D eigenvalue weighted by atomic mass is 9.93. The molecule has 2 amide bonds. The number of hydrogen-bond acceptors (Lipinski definition) is 4. The second-order valence-corrected chi connectivity index (χ2v) is 7.97. The maximum atomic E-state index is 11.9. The highest BCUT2D eigenvalue weighted by atomic mass is 79.9. The predicted molar refractivity (Wildman–Crippen MR) is 78.2 cm³/mol. The van der Waals surface area contributed by atoms with Crippen LogP contribution in [-0.4, -0.2) is 23.3 Å². The SMILES string of the molecule is CC(C)(C)c1nc(N2CC(C(N)=O)CC2=O)sc1Br. The van der Waals surface area contributed by atoms with E-state index < -0.39 is 11.8 Å². The van der Waals surface area contributed by atoms with Crippen molar-refractivity contribution in [3.05, 3.63) is 9.48 Å². The van der Waals surface area contributed by atoms with Crippen LogP contribution in [0.25, 0.3) is 0 Å². The zero-order valence-electron chi connectivity index (χ0n) is 11.1. The largest absolute Gasteiger partial charge is 0.369 e. The van der Waals surface area contributed by atoms with Crippen LogP contribution >= 0.6 is 27.3 Å². The number of nitrogens with two attached hydrogens (primary N) is 1. The minimum Gasteiger partial charge on any atom is -0.369 e. The molecule has 0 aliphatic carbocycles. The summed E-state index contributed by atoms with van der Waals surface area (Å²) in [6.45, 7) is 6.52. The van der Waals surface area contributed by atoms with Gasteiger partial charge in [0.2, 0.25) is 11.8 Å². The van der Waals surface area contributed by atoms with Crippen LogP contribution in [0.4, 0.5) is 5.13 Å². The van der Waals surface area contributed by atoms with E-state index in [9.17, 15) is 9.59 Å². The summed E-state index contributed by atoms with van der Waals surface area (Å²) in [4.78, 5) is 29.2. The third kappa shape index (κ3) is 2.81. The molecule has 1 unspecified atom stereocenters. The molecule has 0 aromatic carbocycles. The average molecular weight is 346 g/mol. The van der Waals surface area contributed by atoms with E-state index in [0.717, 1.165) is 9.48 Å². The van der Waals surface area contributed by atoms with Crippen molar-refractivity contribution in [2.24, 2.45) is 11.7 Å². The van der Waals surface area contributed by atoms with E-state index in [1.54, 1.807) is 4.90 Å². The molecule has 1 aromatic rings. The van der Waals surface area contributed by atoms with Crippen molar-refractivity contribution >= 4 is 44.2 Å². The number of amides is 2. The van der Waals surface area contributed by atoms with Crippen molar-refractivity contribution in [3.63, 3.8) is 0 Å². The summed E-state index contributed by atoms with van der Waals surface area (Å²) in [5.41, 5.74) is 6.08. The van der Waals surface area contributed by atoms with Gasteiger partial charge in [-0.2, -0.15) is 0 Å². The number of aromatic nitrogens is 1. The number of thiazole rings is 1. The Hall–Kier alpha value is -0.950. The van der Waals surface area contributed by atoms with Gasteiger partial charge >= 0.3 is 0 Å². The molecule has 19 heavy (non-hydrogen) atoms. The van der Waals surface area contributed by atoms with Crippen LogP contribution < -0.4 is 10.6 Å². The van der Waals surface area contributed by atoms with Crippen molar-refractivity contribution in [2.75, 3.05) is 11.4 Å². The Kier molecular flexibility index (Phi) is 3.70. The fourth-order valence-electron chi connectivity index (χ4n) is 1.95. The maximum Gasteiger partial charge on any atom is 0.229 e. The summed E-state index contributed by atoms with van der Waals surface area (Å²) in [5.74, 6) is -0.929. The molecule has 0 bridgehead atoms. The van der Waals surface area contributed by atoms with Crippen LogP contribution in [0.3, 0.4) is 0 Å². The highest BCUT2D eigenvalue weighted by Gasteiger charge is 2.36. The Morgan fingerprint density at radius 3 is 2.58 bits per heavy atom. The molecule has 0 spiro atoms. The molecule has 2 heterocycles. The minimum absolute atomic E-state index is 0.0921. The minimum atomic E-state index is -0.428. The van der Waals surface area contributed by atoms with Gasteiger partial charge in [0.05, 0.1) is 15.4 Å². The number of anilines is 1. The standard InChI is InChI=1S/C12H16BrN3O2S/c1-12(2,3)8-9(13)19-11(15-8)16-5-6(10(14)18)4-7(16)17/h6H,4-5H2,1-3H3,(H2,14,18). The van der Waals surface area contributed by atoms with Gasteiger partial charge < -0.3 is 5.73 Å². The molecule has 1 fully saturated rings. The Labute approximate surface area is 124 Å². The van der Waals surface area contributed by atoms with Crippen molar-refractivity contribution in [1.82, 2.24) is 4.98 Å². The van der Waals surface area contributed by atoms with E-state index in [2.05, 4.69) is 41.7 Å². The Morgan fingerprint density at radius 2 is 2.16 bits per heavy atom. The zero-order valence-corrected chi connectivity index (χ0v) is 13.5. The predicted octanol–water partition coefficient (Wildman–Crippen LogP) is 2.04. The molecule has 1 saturated heterocycles. The number of halogens is 1. The third-order valence-corrected chi connectivity index (χ3v) is 4.77. The van der Waals surface area contributed by atoms with Gasteiger partial charge in [0, 0.05) is 18.4 Å². The Morgan fingerprint density at radius 1 is 1.53 bits per heavy atom. The Bertz CT molecular complexity index is 536. The van der Waals surface area contributed by atoms with Gasteiger partial charge in [-0.3, -0.25) is 14.5 Å². The van der Waals surface area contributed by atoms with Gasteiger partial charge in [-0.25, -0.2) is 4.98 Å². The van der Waals surface area contributed by atoms with Crippen molar-refractivity contribution < 1.29 is 9.59 Å². The van der Waals surface area contributed by atoms with Crippen LogP contribution in [0.1, 0.15) is 32.9 Å². The van der Waals surface area contributed by atoms with Gasteiger partial charge in [0.25, 0.3) is 0 Å². The molecular formula is C12H16BrN3O2S. The molecule has 0 radical (unpaired) electrons. The number of nitrogens with zero attached hydrogens (tertiary/aromatic N) is 2. The van der Waals surface area contributed by atoms with Gasteiger partial charge in [0.1, 0.15) is 0 Å². The van der Waals surface area contributed by atoms with Crippen molar-refractivity contribution in [3.8, 4) is 0 Å². The zero-order chi connectivity index (χ0) is 14.4. The van der Waals surface area contributed by atoms with E-state index in [1.165, 1.54) is 11.3 Å². The normalized spacial score (nSPS) is 20.1.